The molecule has 0 saturated carbocycles. The van der Waals surface area contributed by atoms with Crippen LogP contribution in [0, 0.1) is 0 Å². The van der Waals surface area contributed by atoms with Gasteiger partial charge in [0, 0.05) is 0 Å². The van der Waals surface area contributed by atoms with Gasteiger partial charge < -0.3 is 9.34 Å². The van der Waals surface area contributed by atoms with E-state index in [4.69, 9.17) is 5.02 Å². The molecule has 0 rings (SSSR count). The topological polar surface area (TPSA) is 20.2 Å². The van der Waals surface area contributed by atoms with Gasteiger partial charge >= 0.3 is 82.2 Å². The largest absolute Gasteiger partial charge is 1.00 e. The Bertz CT molecular complexity index is 410. The maximum atomic E-state index is 12.9. The van der Waals surface area contributed by atoms with E-state index in [0.29, 0.717) is 0 Å². The third-order valence-corrected chi connectivity index (χ3v) is 2.51. The summed E-state index contributed by atoms with van der Waals surface area (Å²) >= 11 is 0. The number of hydrogen-bond acceptors (Lipinski definition) is 1. The van der Waals surface area contributed by atoms with E-state index in [2.05, 4.69) is 0 Å². The Kier molecular flexibility index (Phi) is 7.43. The molecule has 1 nitrogen and oxygen atoms in total. The van der Waals surface area contributed by atoms with Crippen LogP contribution in [0.15, 0.2) is 0 Å². The monoisotopic (exact) mass is 424 g/mol. The predicted molar refractivity (Wildman–Crippen MR) is 41.0 cm³/mol. The number of halogens is 15. The van der Waals surface area contributed by atoms with Crippen molar-refractivity contribution >= 4 is 6.63 Å². The van der Waals surface area contributed by atoms with Gasteiger partial charge in [-0.2, -0.15) is 43.9 Å². The molecule has 0 amide bonds. The van der Waals surface area contributed by atoms with Crippen molar-refractivity contribution in [2.45, 2.75) is 35.8 Å². The third kappa shape index (κ3) is 3.54. The Morgan fingerprint density at radius 1 is 0.500 bits per heavy atom. The van der Waals surface area contributed by atoms with E-state index >= 15 is 0 Å². The molecule has 0 atom stereocenters. The van der Waals surface area contributed by atoms with Crippen LogP contribution < -0.4 is 51.4 Å². The minimum Gasteiger partial charge on any atom is -0.572 e. The van der Waals surface area contributed by atoms with Gasteiger partial charge in [-0.05, 0) is 0 Å². The standard InChI is InChI=1S/C6HBF15O.K/c8-1(9,5(16,17)18)3(12,13)7(22,23)4(14,15)2(10,11)6(19,20)21;/h23H;/q-1;+1. The smallest absolute Gasteiger partial charge is 0.572 e. The molecule has 0 spiro atoms. The van der Waals surface area contributed by atoms with Crippen molar-refractivity contribution < 1.29 is 122 Å². The van der Waals surface area contributed by atoms with E-state index in [1.165, 1.54) is 0 Å². The molecule has 0 radical (unpaired) electrons. The molecule has 18 heteroatoms. The van der Waals surface area contributed by atoms with Gasteiger partial charge in [0.2, 0.25) is 0 Å². The van der Waals surface area contributed by atoms with E-state index < -0.39 is 42.5 Å². The van der Waals surface area contributed by atoms with Crippen LogP contribution in [0.3, 0.4) is 0 Å². The summed E-state index contributed by atoms with van der Waals surface area (Å²) in [5, 5.41) is 7.90. The second-order valence-corrected chi connectivity index (χ2v) is 4.11. The fourth-order valence-electron chi connectivity index (χ4n) is 1.09. The molecule has 0 unspecified atom stereocenters. The second-order valence-electron chi connectivity index (χ2n) is 4.11. The molecule has 1 N–H and O–H groups in total. The molecule has 0 aromatic rings. The van der Waals surface area contributed by atoms with E-state index in [-0.39, 0.29) is 51.4 Å². The fourth-order valence-corrected chi connectivity index (χ4v) is 1.09. The van der Waals surface area contributed by atoms with Crippen LogP contribution >= 0.6 is 0 Å². The summed E-state index contributed by atoms with van der Waals surface area (Å²) in [6.07, 6.45) is -15.1. The first-order chi connectivity index (χ1) is 9.50. The van der Waals surface area contributed by atoms with Crippen LogP contribution in [-0.4, -0.2) is 47.5 Å². The van der Waals surface area contributed by atoms with E-state index in [1.54, 1.807) is 0 Å². The van der Waals surface area contributed by atoms with Crippen LogP contribution in [-0.2, 0) is 0 Å². The Morgan fingerprint density at radius 3 is 0.792 bits per heavy atom. The van der Waals surface area contributed by atoms with Gasteiger partial charge in [0.05, 0.1) is 0 Å². The van der Waals surface area contributed by atoms with E-state index in [1.807, 2.05) is 0 Å². The average Bonchev–Trinajstić information content (AvgIpc) is 2.24. The van der Waals surface area contributed by atoms with Crippen molar-refractivity contribution in [1.82, 2.24) is 0 Å². The molecule has 0 bridgehead atoms. The zero-order chi connectivity index (χ0) is 19.5. The maximum absolute atomic E-state index is 12.9. The summed E-state index contributed by atoms with van der Waals surface area (Å²) in [5.41, 5.74) is 0. The zero-order valence-corrected chi connectivity index (χ0v) is 13.8. The van der Waals surface area contributed by atoms with Crippen molar-refractivity contribution in [2.75, 3.05) is 0 Å². The molecule has 140 valence electrons. The maximum Gasteiger partial charge on any atom is 1.00 e. The average molecular weight is 424 g/mol. The molecule has 0 fully saturated rings. The molecule has 0 aliphatic heterocycles. The Morgan fingerprint density at radius 2 is 0.667 bits per heavy atom. The van der Waals surface area contributed by atoms with Gasteiger partial charge in [-0.15, -0.1) is 0 Å². The Labute approximate surface area is 164 Å². The third-order valence-electron chi connectivity index (χ3n) is 2.51. The summed E-state index contributed by atoms with van der Waals surface area (Å²) in [7, 11) is 0. The first kappa shape index (κ1) is 26.8. The normalized spacial score (nSPS) is 16.0. The first-order valence-electron chi connectivity index (χ1n) is 4.70. The molecular formula is C6HBF15KO. The number of alkyl halides is 14. The fraction of sp³-hybridized carbons (Fsp3) is 1.00. The summed E-state index contributed by atoms with van der Waals surface area (Å²) in [6, 6.07) is 0. The van der Waals surface area contributed by atoms with Crippen LogP contribution in [0.1, 0.15) is 0 Å². The van der Waals surface area contributed by atoms with Gasteiger partial charge in [0.25, 0.3) is 11.6 Å². The Balaban J connectivity index is 0. The molecular weight excluding hydrogens is 423 g/mol. The minimum absolute atomic E-state index is 0. The number of rotatable bonds is 4. The van der Waals surface area contributed by atoms with E-state index in [0.717, 1.165) is 0 Å². The summed E-state index contributed by atoms with van der Waals surface area (Å²) in [6.45, 7) is -8.75. The molecule has 0 aliphatic rings. The van der Waals surface area contributed by atoms with Crippen molar-refractivity contribution in [1.29, 1.82) is 0 Å². The summed E-state index contributed by atoms with van der Waals surface area (Å²) < 4.78 is 182. The van der Waals surface area contributed by atoms with Gasteiger partial charge in [-0.25, -0.2) is 17.6 Å². The van der Waals surface area contributed by atoms with Gasteiger partial charge in [-0.3, -0.25) is 0 Å². The van der Waals surface area contributed by atoms with Crippen LogP contribution in [0.2, 0.25) is 0 Å². The second kappa shape index (κ2) is 6.65. The summed E-state index contributed by atoms with van der Waals surface area (Å²) in [4.78, 5) is 0. The summed E-state index contributed by atoms with van der Waals surface area (Å²) in [5.74, 6) is -31.9. The minimum atomic E-state index is -8.75. The van der Waals surface area contributed by atoms with Crippen molar-refractivity contribution in [3.63, 3.8) is 0 Å². The quantitative estimate of drug-likeness (QED) is 0.531. The molecule has 0 aromatic heterocycles. The van der Waals surface area contributed by atoms with Gasteiger partial charge in [0.1, 0.15) is 0 Å². The van der Waals surface area contributed by atoms with Gasteiger partial charge in [-0.1, -0.05) is 0 Å². The molecule has 0 saturated heterocycles. The molecule has 0 aliphatic carbocycles. The van der Waals surface area contributed by atoms with Crippen molar-refractivity contribution in [3.05, 3.63) is 0 Å². The zero-order valence-electron chi connectivity index (χ0n) is 10.7. The van der Waals surface area contributed by atoms with E-state index in [9.17, 15) is 65.8 Å². The molecule has 0 heterocycles. The Hall–Kier alpha value is 0.611. The van der Waals surface area contributed by atoms with Crippen molar-refractivity contribution in [3.8, 4) is 0 Å². The molecule has 0 aromatic carbocycles. The van der Waals surface area contributed by atoms with Crippen LogP contribution in [0.4, 0.5) is 65.8 Å². The van der Waals surface area contributed by atoms with Gasteiger partial charge in [0.15, 0.2) is 0 Å². The SMILES string of the molecule is O[B-](F)(C(F)(F)C(F)(F)C(F)(F)F)C(F)(F)C(F)(F)C(F)(F)F.[K+]. The molecule has 24 heavy (non-hydrogen) atoms. The first-order valence-corrected chi connectivity index (χ1v) is 4.70. The van der Waals surface area contributed by atoms with Crippen molar-refractivity contribution in [2.24, 2.45) is 0 Å². The van der Waals surface area contributed by atoms with Crippen LogP contribution in [0.25, 0.3) is 0 Å². The number of hydrogen-bond donors (Lipinski definition) is 1. The van der Waals surface area contributed by atoms with Crippen LogP contribution in [0.5, 0.6) is 0 Å². The predicted octanol–water partition coefficient (Wildman–Crippen LogP) is 1.14.